The van der Waals surface area contributed by atoms with Crippen molar-refractivity contribution < 1.29 is 4.74 Å². The third kappa shape index (κ3) is 3.25. The second-order valence-electron chi connectivity index (χ2n) is 5.19. The lowest BCUT2D eigenvalue weighted by Gasteiger charge is -2.31. The number of nitrogens with two attached hydrogens (primary N) is 1. The van der Waals surface area contributed by atoms with Crippen molar-refractivity contribution in [1.29, 1.82) is 0 Å². The zero-order valence-electron chi connectivity index (χ0n) is 10.3. The van der Waals surface area contributed by atoms with Gasteiger partial charge in [0.1, 0.15) is 11.3 Å². The Bertz CT molecular complexity index is 387. The van der Waals surface area contributed by atoms with Crippen molar-refractivity contribution in [2.24, 2.45) is 11.8 Å². The van der Waals surface area contributed by atoms with Crippen LogP contribution in [-0.2, 0) is 0 Å². The van der Waals surface area contributed by atoms with Crippen molar-refractivity contribution in [3.8, 4) is 5.88 Å². The van der Waals surface area contributed by atoms with Crippen LogP contribution in [0.4, 0.5) is 5.69 Å². The molecule has 1 aromatic heterocycles. The van der Waals surface area contributed by atoms with Crippen LogP contribution < -0.4 is 10.5 Å². The fourth-order valence-electron chi connectivity index (χ4n) is 2.65. The van der Waals surface area contributed by atoms with Crippen molar-refractivity contribution >= 4 is 17.3 Å². The van der Waals surface area contributed by atoms with Gasteiger partial charge in [0.15, 0.2) is 0 Å². The highest BCUT2D eigenvalue weighted by Gasteiger charge is 2.26. The van der Waals surface area contributed by atoms with Gasteiger partial charge in [-0.2, -0.15) is 4.98 Å². The van der Waals surface area contributed by atoms with Gasteiger partial charge in [-0.1, -0.05) is 25.4 Å². The molecule has 0 amide bonds. The van der Waals surface area contributed by atoms with Gasteiger partial charge in [0, 0.05) is 0 Å². The molecule has 94 valence electrons. The molecule has 3 nitrogen and oxygen atoms in total. The van der Waals surface area contributed by atoms with Crippen LogP contribution in [0.25, 0.3) is 0 Å². The van der Waals surface area contributed by atoms with Gasteiger partial charge in [-0.3, -0.25) is 0 Å². The van der Waals surface area contributed by atoms with E-state index < -0.39 is 0 Å². The maximum absolute atomic E-state index is 5.89. The first-order valence-corrected chi connectivity index (χ1v) is 6.51. The quantitative estimate of drug-likeness (QED) is 0.822. The van der Waals surface area contributed by atoms with Gasteiger partial charge in [-0.05, 0) is 43.2 Å². The van der Waals surface area contributed by atoms with Crippen LogP contribution in [0.2, 0.25) is 5.15 Å². The van der Waals surface area contributed by atoms with Crippen LogP contribution in [0, 0.1) is 11.8 Å². The highest BCUT2D eigenvalue weighted by Crippen LogP contribution is 2.32. The average molecular weight is 255 g/mol. The van der Waals surface area contributed by atoms with Crippen LogP contribution >= 0.6 is 11.6 Å². The maximum Gasteiger partial charge on any atom is 0.238 e. The molecule has 1 aromatic rings. The minimum Gasteiger partial charge on any atom is -0.473 e. The fraction of sp³-hybridized carbons (Fsp3) is 0.615. The molecule has 0 aromatic carbocycles. The van der Waals surface area contributed by atoms with Gasteiger partial charge < -0.3 is 10.5 Å². The smallest absolute Gasteiger partial charge is 0.238 e. The Hall–Kier alpha value is -0.960. The van der Waals surface area contributed by atoms with E-state index in [1.54, 1.807) is 12.1 Å². The number of pyridine rings is 1. The van der Waals surface area contributed by atoms with Crippen LogP contribution in [0.5, 0.6) is 5.88 Å². The molecular weight excluding hydrogens is 236 g/mol. The minimum atomic E-state index is 0.210. The molecule has 17 heavy (non-hydrogen) atoms. The third-order valence-electron chi connectivity index (χ3n) is 3.27. The molecule has 0 radical (unpaired) electrons. The van der Waals surface area contributed by atoms with Crippen LogP contribution in [0.15, 0.2) is 12.1 Å². The molecule has 1 saturated carbocycles. The molecule has 2 rings (SSSR count). The summed E-state index contributed by atoms with van der Waals surface area (Å²) in [6.45, 7) is 4.53. The number of nitrogen functional groups attached to an aromatic ring is 1. The lowest BCUT2D eigenvalue weighted by Crippen LogP contribution is -2.29. The van der Waals surface area contributed by atoms with Gasteiger partial charge in [0.2, 0.25) is 5.88 Å². The molecule has 2 N–H and O–H groups in total. The minimum absolute atomic E-state index is 0.210. The summed E-state index contributed by atoms with van der Waals surface area (Å²) < 4.78 is 5.89. The van der Waals surface area contributed by atoms with E-state index in [0.29, 0.717) is 28.6 Å². The van der Waals surface area contributed by atoms with Crippen molar-refractivity contribution in [2.45, 2.75) is 39.2 Å². The van der Waals surface area contributed by atoms with Gasteiger partial charge in [0.05, 0.1) is 5.69 Å². The Labute approximate surface area is 107 Å². The number of anilines is 1. The van der Waals surface area contributed by atoms with E-state index in [9.17, 15) is 0 Å². The Balaban J connectivity index is 2.07. The summed E-state index contributed by atoms with van der Waals surface area (Å²) in [7, 11) is 0. The van der Waals surface area contributed by atoms with Gasteiger partial charge in [0.25, 0.3) is 0 Å². The molecule has 0 aliphatic heterocycles. The number of hydrogen-bond donors (Lipinski definition) is 1. The Morgan fingerprint density at radius 1 is 1.24 bits per heavy atom. The molecule has 0 spiro atoms. The molecule has 0 saturated heterocycles. The molecule has 1 heterocycles. The molecule has 2 atom stereocenters. The van der Waals surface area contributed by atoms with E-state index in [1.807, 2.05) is 0 Å². The Morgan fingerprint density at radius 3 is 2.53 bits per heavy atom. The monoisotopic (exact) mass is 254 g/mol. The predicted octanol–water partition coefficient (Wildman–Crippen LogP) is 3.52. The second-order valence-corrected chi connectivity index (χ2v) is 5.57. The standard InChI is InChI=1S/C13H19ClN2O/c1-8-5-9(2)7-10(6-8)17-13-11(15)3-4-12(14)16-13/h3-4,8-10H,5-7,15H2,1-2H3. The van der Waals surface area contributed by atoms with Crippen molar-refractivity contribution in [3.63, 3.8) is 0 Å². The van der Waals surface area contributed by atoms with E-state index >= 15 is 0 Å². The van der Waals surface area contributed by atoms with Crippen LogP contribution in [0.1, 0.15) is 33.1 Å². The molecule has 2 unspecified atom stereocenters. The van der Waals surface area contributed by atoms with E-state index in [0.717, 1.165) is 12.8 Å². The number of hydrogen-bond acceptors (Lipinski definition) is 3. The largest absolute Gasteiger partial charge is 0.473 e. The van der Waals surface area contributed by atoms with Gasteiger partial charge >= 0.3 is 0 Å². The SMILES string of the molecule is CC1CC(C)CC(Oc2nc(Cl)ccc2N)C1. The Morgan fingerprint density at radius 2 is 1.88 bits per heavy atom. The van der Waals surface area contributed by atoms with Crippen molar-refractivity contribution in [2.75, 3.05) is 5.73 Å². The highest BCUT2D eigenvalue weighted by atomic mass is 35.5. The number of nitrogens with zero attached hydrogens (tertiary/aromatic N) is 1. The number of ether oxygens (including phenoxy) is 1. The zero-order valence-corrected chi connectivity index (χ0v) is 11.1. The summed E-state index contributed by atoms with van der Waals surface area (Å²) in [6.07, 6.45) is 3.62. The third-order valence-corrected chi connectivity index (χ3v) is 3.48. The average Bonchev–Trinajstić information content (AvgIpc) is 2.22. The van der Waals surface area contributed by atoms with E-state index in [2.05, 4.69) is 18.8 Å². The van der Waals surface area contributed by atoms with E-state index in [4.69, 9.17) is 22.1 Å². The molecule has 1 fully saturated rings. The molecule has 4 heteroatoms. The topological polar surface area (TPSA) is 48.1 Å². The lowest BCUT2D eigenvalue weighted by molar-refractivity contribution is 0.0975. The summed E-state index contributed by atoms with van der Waals surface area (Å²) >= 11 is 5.85. The summed E-state index contributed by atoms with van der Waals surface area (Å²) in [5, 5.41) is 0.422. The molecule has 0 bridgehead atoms. The summed E-state index contributed by atoms with van der Waals surface area (Å²) in [5.74, 6) is 1.87. The van der Waals surface area contributed by atoms with Crippen molar-refractivity contribution in [1.82, 2.24) is 4.98 Å². The van der Waals surface area contributed by atoms with Crippen LogP contribution in [-0.4, -0.2) is 11.1 Å². The normalized spacial score (nSPS) is 29.0. The van der Waals surface area contributed by atoms with Gasteiger partial charge in [-0.25, -0.2) is 0 Å². The highest BCUT2D eigenvalue weighted by molar-refractivity contribution is 6.29. The number of halogens is 1. The predicted molar refractivity (Wildman–Crippen MR) is 70.3 cm³/mol. The first-order valence-electron chi connectivity index (χ1n) is 6.13. The first kappa shape index (κ1) is 12.5. The Kier molecular flexibility index (Phi) is 3.77. The van der Waals surface area contributed by atoms with E-state index in [1.165, 1.54) is 6.42 Å². The van der Waals surface area contributed by atoms with Crippen molar-refractivity contribution in [3.05, 3.63) is 17.3 Å². The maximum atomic E-state index is 5.89. The lowest BCUT2D eigenvalue weighted by atomic mass is 9.82. The summed E-state index contributed by atoms with van der Waals surface area (Å²) in [6, 6.07) is 3.41. The zero-order chi connectivity index (χ0) is 12.4. The molecule has 1 aliphatic carbocycles. The molecular formula is C13H19ClN2O. The number of rotatable bonds is 2. The van der Waals surface area contributed by atoms with Crippen LogP contribution in [0.3, 0.4) is 0 Å². The van der Waals surface area contributed by atoms with E-state index in [-0.39, 0.29) is 6.10 Å². The fourth-order valence-corrected chi connectivity index (χ4v) is 2.79. The van der Waals surface area contributed by atoms with Gasteiger partial charge in [-0.15, -0.1) is 0 Å². The first-order chi connectivity index (χ1) is 8.04. The summed E-state index contributed by atoms with van der Waals surface area (Å²) in [4.78, 5) is 4.14. The second kappa shape index (κ2) is 5.13. The molecule has 1 aliphatic rings. The summed E-state index contributed by atoms with van der Waals surface area (Å²) in [5.41, 5.74) is 6.39. The number of aromatic nitrogens is 1.